The summed E-state index contributed by atoms with van der Waals surface area (Å²) in [6, 6.07) is 3.52. The zero-order valence-corrected chi connectivity index (χ0v) is 10.3. The molecule has 0 spiro atoms. The predicted molar refractivity (Wildman–Crippen MR) is 66.6 cm³/mol. The van der Waals surface area contributed by atoms with Crippen molar-refractivity contribution in [2.45, 2.75) is 12.1 Å². The first-order chi connectivity index (χ1) is 9.36. The van der Waals surface area contributed by atoms with E-state index >= 15 is 0 Å². The fourth-order valence-electron chi connectivity index (χ4n) is 1.95. The lowest BCUT2D eigenvalue weighted by Gasteiger charge is -2.21. The van der Waals surface area contributed by atoms with Crippen molar-refractivity contribution in [2.75, 3.05) is 0 Å². The summed E-state index contributed by atoms with van der Waals surface area (Å²) in [7, 11) is 0. The van der Waals surface area contributed by atoms with Crippen LogP contribution in [0.1, 0.15) is 23.2 Å². The topological polar surface area (TPSA) is 52.0 Å². The van der Waals surface area contributed by atoms with Gasteiger partial charge in [-0.3, -0.25) is 0 Å². The number of halogens is 4. The number of benzene rings is 2. The molecule has 20 heavy (non-hydrogen) atoms. The first-order valence-corrected chi connectivity index (χ1v) is 5.80. The summed E-state index contributed by atoms with van der Waals surface area (Å²) in [4.78, 5) is 0. The summed E-state index contributed by atoms with van der Waals surface area (Å²) in [6.07, 6.45) is 0. The standard InChI is InChI=1S/C14H12F4N2/c15-9-1-7(2-10(16)5-9)13(19)14(20)8-3-11(17)6-12(18)4-8/h1-6,13-14H,19-20H2/t13-,14-/m1/s1. The minimum atomic E-state index is -0.999. The van der Waals surface area contributed by atoms with Gasteiger partial charge in [0.05, 0.1) is 0 Å². The van der Waals surface area contributed by atoms with Crippen molar-refractivity contribution < 1.29 is 17.6 Å². The number of rotatable bonds is 3. The van der Waals surface area contributed by atoms with Gasteiger partial charge in [-0.1, -0.05) is 0 Å². The number of hydrogen-bond acceptors (Lipinski definition) is 2. The summed E-state index contributed by atoms with van der Waals surface area (Å²) in [6.45, 7) is 0. The molecule has 2 nitrogen and oxygen atoms in total. The minimum absolute atomic E-state index is 0.111. The van der Waals surface area contributed by atoms with Gasteiger partial charge in [0.15, 0.2) is 0 Å². The van der Waals surface area contributed by atoms with Crippen LogP contribution in [-0.2, 0) is 0 Å². The summed E-state index contributed by atoms with van der Waals surface area (Å²) < 4.78 is 52.5. The van der Waals surface area contributed by atoms with E-state index in [-0.39, 0.29) is 11.1 Å². The summed E-state index contributed by atoms with van der Waals surface area (Å²) >= 11 is 0. The molecule has 0 heterocycles. The second-order valence-electron chi connectivity index (χ2n) is 4.46. The molecule has 2 aromatic rings. The second kappa shape index (κ2) is 5.60. The summed E-state index contributed by atoms with van der Waals surface area (Å²) in [5, 5.41) is 0. The first-order valence-electron chi connectivity index (χ1n) is 5.80. The molecule has 0 fully saturated rings. The van der Waals surface area contributed by atoms with Crippen LogP contribution in [0.15, 0.2) is 36.4 Å². The highest BCUT2D eigenvalue weighted by atomic mass is 19.1. The third kappa shape index (κ3) is 3.15. The highest BCUT2D eigenvalue weighted by molar-refractivity contribution is 5.28. The highest BCUT2D eigenvalue weighted by Crippen LogP contribution is 2.26. The Kier molecular flexibility index (Phi) is 4.06. The molecule has 6 heteroatoms. The Morgan fingerprint density at radius 1 is 0.550 bits per heavy atom. The van der Waals surface area contributed by atoms with Gasteiger partial charge in [0.25, 0.3) is 0 Å². The molecule has 2 rings (SSSR count). The molecule has 0 saturated carbocycles. The smallest absolute Gasteiger partial charge is 0.126 e. The molecular formula is C14H12F4N2. The Labute approximate surface area is 113 Å². The van der Waals surface area contributed by atoms with Crippen LogP contribution in [-0.4, -0.2) is 0 Å². The SMILES string of the molecule is N[C@H](c1cc(F)cc(F)c1)[C@H](N)c1cc(F)cc(F)c1. The van der Waals surface area contributed by atoms with E-state index in [0.717, 1.165) is 24.3 Å². The third-order valence-corrected chi connectivity index (χ3v) is 2.93. The van der Waals surface area contributed by atoms with E-state index < -0.39 is 35.4 Å². The fourth-order valence-corrected chi connectivity index (χ4v) is 1.95. The van der Waals surface area contributed by atoms with Crippen molar-refractivity contribution in [1.82, 2.24) is 0 Å². The Morgan fingerprint density at radius 2 is 0.800 bits per heavy atom. The Hall–Kier alpha value is -1.92. The third-order valence-electron chi connectivity index (χ3n) is 2.93. The van der Waals surface area contributed by atoms with E-state index in [4.69, 9.17) is 11.5 Å². The van der Waals surface area contributed by atoms with E-state index in [2.05, 4.69) is 0 Å². The Morgan fingerprint density at radius 3 is 1.05 bits per heavy atom. The molecule has 0 amide bonds. The van der Waals surface area contributed by atoms with Gasteiger partial charge >= 0.3 is 0 Å². The maximum Gasteiger partial charge on any atom is 0.126 e. The van der Waals surface area contributed by atoms with Gasteiger partial charge < -0.3 is 11.5 Å². The largest absolute Gasteiger partial charge is 0.322 e. The molecule has 0 bridgehead atoms. The van der Waals surface area contributed by atoms with Crippen molar-refractivity contribution in [3.63, 3.8) is 0 Å². The average molecular weight is 284 g/mol. The normalized spacial score (nSPS) is 14.1. The highest BCUT2D eigenvalue weighted by Gasteiger charge is 2.20. The van der Waals surface area contributed by atoms with E-state index in [0.29, 0.717) is 12.1 Å². The molecule has 0 aliphatic rings. The van der Waals surface area contributed by atoms with Gasteiger partial charge in [0.2, 0.25) is 0 Å². The maximum absolute atomic E-state index is 13.1. The van der Waals surface area contributed by atoms with Crippen LogP contribution in [0.25, 0.3) is 0 Å². The summed E-state index contributed by atoms with van der Waals surface area (Å²) in [5.41, 5.74) is 11.8. The molecule has 2 aromatic carbocycles. The molecule has 0 radical (unpaired) electrons. The molecule has 0 aliphatic carbocycles. The molecule has 0 aliphatic heterocycles. The van der Waals surface area contributed by atoms with E-state index in [9.17, 15) is 17.6 Å². The zero-order valence-electron chi connectivity index (χ0n) is 10.3. The van der Waals surface area contributed by atoms with Crippen molar-refractivity contribution in [1.29, 1.82) is 0 Å². The first kappa shape index (κ1) is 14.5. The van der Waals surface area contributed by atoms with E-state index in [1.807, 2.05) is 0 Å². The van der Waals surface area contributed by atoms with Crippen LogP contribution >= 0.6 is 0 Å². The van der Waals surface area contributed by atoms with Gasteiger partial charge in [-0.05, 0) is 35.4 Å². The van der Waals surface area contributed by atoms with Gasteiger partial charge in [-0.25, -0.2) is 17.6 Å². The van der Waals surface area contributed by atoms with Gasteiger partial charge in [0, 0.05) is 24.2 Å². The Balaban J connectivity index is 2.34. The molecule has 0 saturated heterocycles. The molecule has 2 atom stereocenters. The van der Waals surface area contributed by atoms with Crippen molar-refractivity contribution >= 4 is 0 Å². The quantitative estimate of drug-likeness (QED) is 0.851. The van der Waals surface area contributed by atoms with Crippen molar-refractivity contribution in [2.24, 2.45) is 11.5 Å². The van der Waals surface area contributed by atoms with Crippen LogP contribution in [0.4, 0.5) is 17.6 Å². The molecule has 106 valence electrons. The number of hydrogen-bond donors (Lipinski definition) is 2. The molecule has 0 aromatic heterocycles. The second-order valence-corrected chi connectivity index (χ2v) is 4.46. The molecule has 0 unspecified atom stereocenters. The van der Waals surface area contributed by atoms with Gasteiger partial charge in [-0.15, -0.1) is 0 Å². The summed E-state index contributed by atoms with van der Waals surface area (Å²) in [5.74, 6) is -3.19. The lowest BCUT2D eigenvalue weighted by atomic mass is 9.94. The molecule has 4 N–H and O–H groups in total. The van der Waals surface area contributed by atoms with Crippen LogP contribution in [0.2, 0.25) is 0 Å². The van der Waals surface area contributed by atoms with Gasteiger partial charge in [0.1, 0.15) is 23.3 Å². The fraction of sp³-hybridized carbons (Fsp3) is 0.143. The van der Waals surface area contributed by atoms with Crippen LogP contribution in [0, 0.1) is 23.3 Å². The minimum Gasteiger partial charge on any atom is -0.322 e. The lowest BCUT2D eigenvalue weighted by molar-refractivity contribution is 0.532. The zero-order chi connectivity index (χ0) is 14.9. The van der Waals surface area contributed by atoms with Gasteiger partial charge in [-0.2, -0.15) is 0 Å². The van der Waals surface area contributed by atoms with Crippen LogP contribution in [0.3, 0.4) is 0 Å². The predicted octanol–water partition coefficient (Wildman–Crippen LogP) is 2.94. The molecular weight excluding hydrogens is 272 g/mol. The van der Waals surface area contributed by atoms with E-state index in [1.54, 1.807) is 0 Å². The lowest BCUT2D eigenvalue weighted by Crippen LogP contribution is -2.27. The Bertz CT molecular complexity index is 535. The van der Waals surface area contributed by atoms with E-state index in [1.165, 1.54) is 0 Å². The maximum atomic E-state index is 13.1. The monoisotopic (exact) mass is 284 g/mol. The average Bonchev–Trinajstić information content (AvgIpc) is 2.34. The van der Waals surface area contributed by atoms with Crippen molar-refractivity contribution in [3.05, 3.63) is 70.8 Å². The number of nitrogens with two attached hydrogens (primary N) is 2. The van der Waals surface area contributed by atoms with Crippen molar-refractivity contribution in [3.8, 4) is 0 Å². The van der Waals surface area contributed by atoms with Crippen LogP contribution in [0.5, 0.6) is 0 Å². The van der Waals surface area contributed by atoms with Crippen LogP contribution < -0.4 is 11.5 Å².